The van der Waals surface area contributed by atoms with E-state index < -0.39 is 0 Å². The van der Waals surface area contributed by atoms with E-state index in [2.05, 4.69) is 42.4 Å². The molecule has 6 heteroatoms. The molecule has 2 aromatic carbocycles. The summed E-state index contributed by atoms with van der Waals surface area (Å²) < 4.78 is 1.20. The lowest BCUT2D eigenvalue weighted by molar-refractivity contribution is 0.468. The van der Waals surface area contributed by atoms with Crippen LogP contribution < -0.4 is 5.43 Å². The Kier molecular flexibility index (Phi) is 4.85. The first-order valence-electron chi connectivity index (χ1n) is 5.29. The Morgan fingerprint density at radius 3 is 2.42 bits per heavy atom. The lowest BCUT2D eigenvalue weighted by Gasteiger charge is -2.03. The Bertz CT molecular complexity index is 609. The smallest absolute Gasteiger partial charge is 0.143 e. The van der Waals surface area contributed by atoms with Crippen LogP contribution in [0.25, 0.3) is 0 Å². The molecule has 0 aromatic heterocycles. The standard InChI is InChI=1S/C13H9Br2ClN2O/c14-9-5-8(6-10(15)13(9)19)7-17-18-12-4-2-1-3-11(12)16/h1-7,18-19H. The Hall–Kier alpha value is -1.04. The first kappa shape index (κ1) is 14.4. The van der Waals surface area contributed by atoms with Gasteiger partial charge in [0, 0.05) is 0 Å². The maximum absolute atomic E-state index is 9.60. The predicted octanol–water partition coefficient (Wildman–Crippen LogP) is 5.02. The molecule has 2 aromatic rings. The number of rotatable bonds is 3. The highest BCUT2D eigenvalue weighted by molar-refractivity contribution is 9.11. The van der Waals surface area contributed by atoms with Gasteiger partial charge in [0.15, 0.2) is 0 Å². The van der Waals surface area contributed by atoms with E-state index in [9.17, 15) is 5.11 Å². The molecular weight excluding hydrogens is 395 g/mol. The van der Waals surface area contributed by atoms with Crippen molar-refractivity contribution in [1.82, 2.24) is 0 Å². The van der Waals surface area contributed by atoms with Crippen molar-refractivity contribution in [1.29, 1.82) is 0 Å². The maximum Gasteiger partial charge on any atom is 0.143 e. The lowest BCUT2D eigenvalue weighted by Crippen LogP contribution is -1.91. The minimum Gasteiger partial charge on any atom is -0.506 e. The van der Waals surface area contributed by atoms with Crippen molar-refractivity contribution in [2.75, 3.05) is 5.43 Å². The molecule has 19 heavy (non-hydrogen) atoms. The van der Waals surface area contributed by atoms with E-state index in [1.54, 1.807) is 24.4 Å². The van der Waals surface area contributed by atoms with Crippen LogP contribution in [0, 0.1) is 0 Å². The van der Waals surface area contributed by atoms with Crippen LogP contribution >= 0.6 is 43.5 Å². The van der Waals surface area contributed by atoms with E-state index in [1.165, 1.54) is 0 Å². The van der Waals surface area contributed by atoms with Crippen molar-refractivity contribution in [3.05, 3.63) is 55.9 Å². The molecule has 0 unspecified atom stereocenters. The van der Waals surface area contributed by atoms with Gasteiger partial charge in [-0.05, 0) is 61.7 Å². The number of aromatic hydroxyl groups is 1. The summed E-state index contributed by atoms with van der Waals surface area (Å²) in [4.78, 5) is 0. The van der Waals surface area contributed by atoms with Crippen molar-refractivity contribution in [3.63, 3.8) is 0 Å². The third-order valence-corrected chi connectivity index (χ3v) is 3.85. The monoisotopic (exact) mass is 402 g/mol. The highest BCUT2D eigenvalue weighted by atomic mass is 79.9. The fraction of sp³-hybridized carbons (Fsp3) is 0. The molecule has 2 N–H and O–H groups in total. The molecule has 0 saturated carbocycles. The van der Waals surface area contributed by atoms with Crippen LogP contribution in [0.4, 0.5) is 5.69 Å². The zero-order valence-corrected chi connectivity index (χ0v) is 13.5. The van der Waals surface area contributed by atoms with Crippen LogP contribution in [0.5, 0.6) is 5.75 Å². The number of benzene rings is 2. The number of nitrogens with zero attached hydrogens (tertiary/aromatic N) is 1. The highest BCUT2D eigenvalue weighted by Gasteiger charge is 2.04. The fourth-order valence-electron chi connectivity index (χ4n) is 1.39. The number of anilines is 1. The van der Waals surface area contributed by atoms with Crippen LogP contribution in [-0.2, 0) is 0 Å². The summed E-state index contributed by atoms with van der Waals surface area (Å²) in [5.74, 6) is 0.163. The molecule has 0 radical (unpaired) electrons. The number of halogens is 3. The maximum atomic E-state index is 9.60. The second-order valence-corrected chi connectivity index (χ2v) is 5.80. The number of hydrazone groups is 1. The molecular formula is C13H9Br2ClN2O. The van der Waals surface area contributed by atoms with E-state index in [4.69, 9.17) is 11.6 Å². The van der Waals surface area contributed by atoms with Crippen LogP contribution in [0.15, 0.2) is 50.4 Å². The van der Waals surface area contributed by atoms with Gasteiger partial charge in [0.1, 0.15) is 5.75 Å². The van der Waals surface area contributed by atoms with Crippen molar-refractivity contribution in [2.24, 2.45) is 5.10 Å². The van der Waals surface area contributed by atoms with Gasteiger partial charge < -0.3 is 5.11 Å². The van der Waals surface area contributed by atoms with Gasteiger partial charge >= 0.3 is 0 Å². The first-order chi connectivity index (χ1) is 9.08. The van der Waals surface area contributed by atoms with Crippen molar-refractivity contribution >= 4 is 55.4 Å². The Labute approximate surface area is 132 Å². The van der Waals surface area contributed by atoms with Crippen molar-refractivity contribution < 1.29 is 5.11 Å². The molecule has 0 aliphatic rings. The predicted molar refractivity (Wildman–Crippen MR) is 86.2 cm³/mol. The van der Waals surface area contributed by atoms with E-state index in [-0.39, 0.29) is 5.75 Å². The molecule has 0 bridgehead atoms. The number of phenolic OH excluding ortho intramolecular Hbond substituents is 1. The summed E-state index contributed by atoms with van der Waals surface area (Å²) >= 11 is 12.5. The normalized spacial score (nSPS) is 10.9. The van der Waals surface area contributed by atoms with Gasteiger partial charge in [-0.1, -0.05) is 23.7 Å². The largest absolute Gasteiger partial charge is 0.506 e. The van der Waals surface area contributed by atoms with Gasteiger partial charge in [-0.15, -0.1) is 0 Å². The van der Waals surface area contributed by atoms with Crippen LogP contribution in [0.1, 0.15) is 5.56 Å². The molecule has 0 heterocycles. The molecule has 0 atom stereocenters. The number of phenols is 1. The molecule has 98 valence electrons. The van der Waals surface area contributed by atoms with Crippen LogP contribution in [0.3, 0.4) is 0 Å². The second kappa shape index (κ2) is 6.41. The number of para-hydroxylation sites is 1. The zero-order chi connectivity index (χ0) is 13.8. The second-order valence-electron chi connectivity index (χ2n) is 3.68. The Morgan fingerprint density at radius 1 is 1.16 bits per heavy atom. The lowest BCUT2D eigenvalue weighted by atomic mass is 10.2. The summed E-state index contributed by atoms with van der Waals surface area (Å²) in [6.07, 6.45) is 1.64. The average molecular weight is 404 g/mol. The van der Waals surface area contributed by atoms with Crippen molar-refractivity contribution in [2.45, 2.75) is 0 Å². The molecule has 0 saturated heterocycles. The van der Waals surface area contributed by atoms with Gasteiger partial charge in [-0.2, -0.15) is 5.10 Å². The molecule has 0 aliphatic heterocycles. The van der Waals surface area contributed by atoms with E-state index in [1.807, 2.05) is 18.2 Å². The molecule has 0 amide bonds. The van der Waals surface area contributed by atoms with E-state index >= 15 is 0 Å². The quantitative estimate of drug-likeness (QED) is 0.558. The van der Waals surface area contributed by atoms with Gasteiger partial charge in [0.05, 0.1) is 25.9 Å². The van der Waals surface area contributed by atoms with E-state index in [0.717, 1.165) is 11.3 Å². The summed E-state index contributed by atoms with van der Waals surface area (Å²) in [6, 6.07) is 10.9. The summed E-state index contributed by atoms with van der Waals surface area (Å²) in [7, 11) is 0. The topological polar surface area (TPSA) is 44.6 Å². The Morgan fingerprint density at radius 2 is 1.79 bits per heavy atom. The molecule has 2 rings (SSSR count). The minimum absolute atomic E-state index is 0.163. The Balaban J connectivity index is 2.14. The summed E-state index contributed by atoms with van der Waals surface area (Å²) in [5, 5.41) is 14.3. The molecule has 0 fully saturated rings. The number of hydrogen-bond acceptors (Lipinski definition) is 3. The summed E-state index contributed by atoms with van der Waals surface area (Å²) in [5.41, 5.74) is 4.42. The third kappa shape index (κ3) is 3.72. The van der Waals surface area contributed by atoms with Crippen LogP contribution in [-0.4, -0.2) is 11.3 Å². The van der Waals surface area contributed by atoms with Gasteiger partial charge in [0.25, 0.3) is 0 Å². The molecule has 3 nitrogen and oxygen atoms in total. The number of nitrogens with one attached hydrogen (secondary N) is 1. The van der Waals surface area contributed by atoms with Crippen molar-refractivity contribution in [3.8, 4) is 5.75 Å². The van der Waals surface area contributed by atoms with Crippen LogP contribution in [0.2, 0.25) is 5.02 Å². The highest BCUT2D eigenvalue weighted by Crippen LogP contribution is 2.32. The molecule has 0 spiro atoms. The zero-order valence-electron chi connectivity index (χ0n) is 9.57. The van der Waals surface area contributed by atoms with E-state index in [0.29, 0.717) is 14.0 Å². The molecule has 0 aliphatic carbocycles. The number of hydrogen-bond donors (Lipinski definition) is 2. The van der Waals surface area contributed by atoms with Gasteiger partial charge in [-0.3, -0.25) is 5.43 Å². The first-order valence-corrected chi connectivity index (χ1v) is 7.26. The average Bonchev–Trinajstić information content (AvgIpc) is 2.38. The summed E-state index contributed by atoms with van der Waals surface area (Å²) in [6.45, 7) is 0. The fourth-order valence-corrected chi connectivity index (χ4v) is 2.79. The van der Waals surface area contributed by atoms with Gasteiger partial charge in [0.2, 0.25) is 0 Å². The third-order valence-electron chi connectivity index (χ3n) is 2.31. The minimum atomic E-state index is 0.163. The van der Waals surface area contributed by atoms with Gasteiger partial charge in [-0.25, -0.2) is 0 Å². The SMILES string of the molecule is Oc1c(Br)cc(C=NNc2ccccc2Cl)cc1Br.